The van der Waals surface area contributed by atoms with Crippen molar-refractivity contribution in [2.75, 3.05) is 13.1 Å². The lowest BCUT2D eigenvalue weighted by molar-refractivity contribution is -0.384. The third-order valence-corrected chi connectivity index (χ3v) is 3.62. The van der Waals surface area contributed by atoms with Crippen LogP contribution in [0.2, 0.25) is 0 Å². The molecule has 18 heavy (non-hydrogen) atoms. The zero-order valence-corrected chi connectivity index (χ0v) is 10.7. The van der Waals surface area contributed by atoms with Gasteiger partial charge in [0, 0.05) is 31.8 Å². The monoisotopic (exact) mass is 250 g/mol. The highest BCUT2D eigenvalue weighted by Gasteiger charge is 2.43. The minimum atomic E-state index is -0.569. The van der Waals surface area contributed by atoms with Gasteiger partial charge in [0.15, 0.2) is 0 Å². The quantitative estimate of drug-likeness (QED) is 0.653. The van der Waals surface area contributed by atoms with E-state index in [0.29, 0.717) is 13.1 Å². The normalized spacial score (nSPS) is 18.7. The van der Waals surface area contributed by atoms with Gasteiger partial charge in [-0.1, -0.05) is 26.0 Å². The van der Waals surface area contributed by atoms with E-state index in [0.717, 1.165) is 12.1 Å². The third kappa shape index (κ3) is 2.52. The summed E-state index contributed by atoms with van der Waals surface area (Å²) in [5.74, 6) is 0.255. The van der Waals surface area contributed by atoms with Crippen LogP contribution in [0.25, 0.3) is 0 Å². The van der Waals surface area contributed by atoms with E-state index in [9.17, 15) is 15.2 Å². The van der Waals surface area contributed by atoms with E-state index in [1.54, 1.807) is 12.1 Å². The molecule has 1 aliphatic rings. The molecule has 0 bridgehead atoms. The first-order chi connectivity index (χ1) is 8.40. The maximum absolute atomic E-state index is 10.5. The fraction of sp³-hybridized carbons (Fsp3) is 0.538. The van der Waals surface area contributed by atoms with E-state index in [4.69, 9.17) is 0 Å². The van der Waals surface area contributed by atoms with Crippen LogP contribution in [0.1, 0.15) is 19.4 Å². The average molecular weight is 250 g/mol. The van der Waals surface area contributed by atoms with Crippen molar-refractivity contribution in [3.63, 3.8) is 0 Å². The van der Waals surface area contributed by atoms with E-state index in [2.05, 4.69) is 4.90 Å². The number of nitrogens with zero attached hydrogens (tertiary/aromatic N) is 2. The summed E-state index contributed by atoms with van der Waals surface area (Å²) in [5, 5.41) is 20.6. The summed E-state index contributed by atoms with van der Waals surface area (Å²) in [6.07, 6.45) is 0. The second-order valence-corrected chi connectivity index (χ2v) is 5.33. The number of likely N-dealkylation sites (tertiary alicyclic amines) is 1. The summed E-state index contributed by atoms with van der Waals surface area (Å²) >= 11 is 0. The number of benzene rings is 1. The maximum Gasteiger partial charge on any atom is 0.269 e. The molecule has 5 nitrogen and oxygen atoms in total. The number of nitro groups is 1. The van der Waals surface area contributed by atoms with Crippen molar-refractivity contribution >= 4 is 5.69 Å². The van der Waals surface area contributed by atoms with Crippen molar-refractivity contribution in [3.8, 4) is 0 Å². The van der Waals surface area contributed by atoms with Crippen molar-refractivity contribution in [3.05, 3.63) is 39.9 Å². The van der Waals surface area contributed by atoms with Crippen LogP contribution in [-0.2, 0) is 6.54 Å². The molecular weight excluding hydrogens is 232 g/mol. The van der Waals surface area contributed by atoms with Crippen LogP contribution >= 0.6 is 0 Å². The topological polar surface area (TPSA) is 66.6 Å². The Bertz CT molecular complexity index is 436. The number of hydrogen-bond donors (Lipinski definition) is 1. The van der Waals surface area contributed by atoms with Crippen LogP contribution in [0.4, 0.5) is 5.69 Å². The lowest BCUT2D eigenvalue weighted by Crippen LogP contribution is -2.63. The van der Waals surface area contributed by atoms with Gasteiger partial charge in [-0.3, -0.25) is 15.0 Å². The Kier molecular flexibility index (Phi) is 3.36. The Morgan fingerprint density at radius 1 is 1.39 bits per heavy atom. The lowest BCUT2D eigenvalue weighted by Gasteiger charge is -2.49. The minimum Gasteiger partial charge on any atom is -0.387 e. The van der Waals surface area contributed by atoms with Crippen molar-refractivity contribution < 1.29 is 10.0 Å². The van der Waals surface area contributed by atoms with Gasteiger partial charge in [0.25, 0.3) is 5.69 Å². The van der Waals surface area contributed by atoms with E-state index >= 15 is 0 Å². The average Bonchev–Trinajstić information content (AvgIpc) is 2.27. The second-order valence-electron chi connectivity index (χ2n) is 5.33. The summed E-state index contributed by atoms with van der Waals surface area (Å²) in [7, 11) is 0. The molecule has 0 radical (unpaired) electrons. The Labute approximate surface area is 106 Å². The van der Waals surface area contributed by atoms with Gasteiger partial charge in [-0.25, -0.2) is 0 Å². The number of non-ortho nitro benzene ring substituents is 1. The summed E-state index contributed by atoms with van der Waals surface area (Å²) in [6, 6.07) is 6.57. The summed E-state index contributed by atoms with van der Waals surface area (Å²) in [4.78, 5) is 12.3. The zero-order chi connectivity index (χ0) is 13.3. The summed E-state index contributed by atoms with van der Waals surface area (Å²) < 4.78 is 0. The number of aliphatic hydroxyl groups is 1. The van der Waals surface area contributed by atoms with Gasteiger partial charge in [0.2, 0.25) is 0 Å². The van der Waals surface area contributed by atoms with Gasteiger partial charge >= 0.3 is 0 Å². The molecule has 2 rings (SSSR count). The van der Waals surface area contributed by atoms with Crippen LogP contribution in [0.5, 0.6) is 0 Å². The highest BCUT2D eigenvalue weighted by Crippen LogP contribution is 2.29. The van der Waals surface area contributed by atoms with Crippen LogP contribution < -0.4 is 0 Å². The molecule has 1 heterocycles. The first kappa shape index (κ1) is 13.0. The number of hydrogen-bond acceptors (Lipinski definition) is 4. The molecule has 0 aliphatic carbocycles. The van der Waals surface area contributed by atoms with Crippen molar-refractivity contribution in [2.24, 2.45) is 5.92 Å². The van der Waals surface area contributed by atoms with E-state index in [1.807, 2.05) is 13.8 Å². The summed E-state index contributed by atoms with van der Waals surface area (Å²) in [5.41, 5.74) is 0.577. The SMILES string of the molecule is CC(C)C1(O)CN(Cc2ccc([N+](=O)[O-])cc2)C1. The van der Waals surface area contributed by atoms with Gasteiger partial charge in [-0.15, -0.1) is 0 Å². The van der Waals surface area contributed by atoms with Gasteiger partial charge in [-0.2, -0.15) is 0 Å². The molecule has 1 aromatic carbocycles. The van der Waals surface area contributed by atoms with Crippen LogP contribution in [0, 0.1) is 16.0 Å². The maximum atomic E-state index is 10.5. The van der Waals surface area contributed by atoms with Crippen molar-refractivity contribution in [1.29, 1.82) is 0 Å². The molecule has 0 saturated carbocycles. The molecule has 1 saturated heterocycles. The van der Waals surface area contributed by atoms with E-state index < -0.39 is 10.5 Å². The van der Waals surface area contributed by atoms with Gasteiger partial charge < -0.3 is 5.11 Å². The molecule has 0 aromatic heterocycles. The van der Waals surface area contributed by atoms with Crippen LogP contribution in [0.15, 0.2) is 24.3 Å². The predicted molar refractivity (Wildman–Crippen MR) is 68.2 cm³/mol. The first-order valence-corrected chi connectivity index (χ1v) is 6.09. The largest absolute Gasteiger partial charge is 0.387 e. The van der Waals surface area contributed by atoms with Crippen LogP contribution in [0.3, 0.4) is 0 Å². The standard InChI is InChI=1S/C13H18N2O3/c1-10(2)13(16)8-14(9-13)7-11-3-5-12(6-4-11)15(17)18/h3-6,10,16H,7-9H2,1-2H3. The highest BCUT2D eigenvalue weighted by atomic mass is 16.6. The lowest BCUT2D eigenvalue weighted by atomic mass is 9.83. The van der Waals surface area contributed by atoms with Crippen molar-refractivity contribution in [2.45, 2.75) is 26.0 Å². The van der Waals surface area contributed by atoms with Gasteiger partial charge in [0.1, 0.15) is 0 Å². The third-order valence-electron chi connectivity index (χ3n) is 3.62. The minimum absolute atomic E-state index is 0.112. The molecule has 98 valence electrons. The number of rotatable bonds is 4. The molecule has 0 unspecified atom stereocenters. The molecule has 0 amide bonds. The van der Waals surface area contributed by atoms with Crippen molar-refractivity contribution in [1.82, 2.24) is 4.90 Å². The highest BCUT2D eigenvalue weighted by molar-refractivity contribution is 5.33. The first-order valence-electron chi connectivity index (χ1n) is 6.09. The molecule has 5 heteroatoms. The second kappa shape index (κ2) is 4.66. The molecule has 1 N–H and O–H groups in total. The molecule has 0 atom stereocenters. The zero-order valence-electron chi connectivity index (χ0n) is 10.7. The predicted octanol–water partition coefficient (Wildman–Crippen LogP) is 1.80. The Hall–Kier alpha value is -1.46. The Morgan fingerprint density at radius 3 is 2.39 bits per heavy atom. The molecule has 1 fully saturated rings. The smallest absolute Gasteiger partial charge is 0.269 e. The molecule has 1 aliphatic heterocycles. The van der Waals surface area contributed by atoms with Crippen LogP contribution in [-0.4, -0.2) is 33.6 Å². The van der Waals surface area contributed by atoms with Gasteiger partial charge in [0.05, 0.1) is 10.5 Å². The fourth-order valence-electron chi connectivity index (χ4n) is 2.19. The number of nitro benzene ring substituents is 1. The summed E-state index contributed by atoms with van der Waals surface area (Å²) in [6.45, 7) is 6.10. The van der Waals surface area contributed by atoms with E-state index in [1.165, 1.54) is 12.1 Å². The molecule has 0 spiro atoms. The molecule has 1 aromatic rings. The fourth-order valence-corrected chi connectivity index (χ4v) is 2.19. The van der Waals surface area contributed by atoms with E-state index in [-0.39, 0.29) is 11.6 Å². The number of β-amino-alcohol motifs (C(OH)–C–C–N with tert-alkyl or cyclic N) is 1. The Balaban J connectivity index is 1.91. The van der Waals surface area contributed by atoms with Gasteiger partial charge in [-0.05, 0) is 11.5 Å². The Morgan fingerprint density at radius 2 is 1.94 bits per heavy atom. The molecular formula is C13H18N2O3.